The molecule has 2 aromatic rings. The van der Waals surface area contributed by atoms with Gasteiger partial charge in [-0.2, -0.15) is 4.98 Å². The highest BCUT2D eigenvalue weighted by molar-refractivity contribution is 5.51. The van der Waals surface area contributed by atoms with Gasteiger partial charge in [0.1, 0.15) is 6.26 Å². The van der Waals surface area contributed by atoms with Gasteiger partial charge in [-0.05, 0) is 25.5 Å². The van der Waals surface area contributed by atoms with E-state index in [-0.39, 0.29) is 6.10 Å². The van der Waals surface area contributed by atoms with Crippen LogP contribution in [0.25, 0.3) is 11.4 Å². The minimum atomic E-state index is -0.241. The first kappa shape index (κ1) is 11.4. The lowest BCUT2D eigenvalue weighted by Gasteiger charge is -2.28. The highest BCUT2D eigenvalue weighted by Gasteiger charge is 2.20. The van der Waals surface area contributed by atoms with Gasteiger partial charge in [-0.25, -0.2) is 0 Å². The smallest absolute Gasteiger partial charge is 0.241 e. The van der Waals surface area contributed by atoms with Gasteiger partial charge in [0.15, 0.2) is 0 Å². The molecule has 0 amide bonds. The molecule has 0 bridgehead atoms. The topological polar surface area (TPSA) is 75.5 Å². The number of aliphatic hydroxyl groups is 1. The van der Waals surface area contributed by atoms with Crippen molar-refractivity contribution in [2.45, 2.75) is 25.5 Å². The lowest BCUT2D eigenvalue weighted by Crippen LogP contribution is -2.37. The fourth-order valence-corrected chi connectivity index (χ4v) is 2.19. The van der Waals surface area contributed by atoms with E-state index in [2.05, 4.69) is 15.0 Å². The molecule has 96 valence electrons. The Morgan fingerprint density at radius 2 is 2.44 bits per heavy atom. The van der Waals surface area contributed by atoms with Crippen LogP contribution >= 0.6 is 0 Å². The average molecular weight is 249 g/mol. The highest BCUT2D eigenvalue weighted by atomic mass is 16.5. The summed E-state index contributed by atoms with van der Waals surface area (Å²) in [6.07, 6.45) is 4.80. The number of β-amino-alcohol motifs (C(OH)–C–C–N with tert-alkyl or cyclic N) is 1. The van der Waals surface area contributed by atoms with E-state index >= 15 is 0 Å². The second-order valence-electron chi connectivity index (χ2n) is 4.55. The second kappa shape index (κ2) is 4.91. The third-order valence-electron chi connectivity index (χ3n) is 3.09. The maximum absolute atomic E-state index is 9.59. The molecule has 1 saturated heterocycles. The minimum absolute atomic E-state index is 0.241. The number of likely N-dealkylation sites (tertiary alicyclic amines) is 1. The normalized spacial score (nSPS) is 21.3. The Morgan fingerprint density at radius 3 is 3.22 bits per heavy atom. The van der Waals surface area contributed by atoms with E-state index in [1.807, 2.05) is 0 Å². The molecule has 18 heavy (non-hydrogen) atoms. The molecule has 6 nitrogen and oxygen atoms in total. The van der Waals surface area contributed by atoms with Gasteiger partial charge >= 0.3 is 0 Å². The average Bonchev–Trinajstić information content (AvgIpc) is 2.98. The summed E-state index contributed by atoms with van der Waals surface area (Å²) in [5.74, 6) is 1.11. The van der Waals surface area contributed by atoms with Crippen molar-refractivity contribution in [1.29, 1.82) is 0 Å². The van der Waals surface area contributed by atoms with Crippen LogP contribution in [0.5, 0.6) is 0 Å². The van der Waals surface area contributed by atoms with Crippen molar-refractivity contribution in [1.82, 2.24) is 15.0 Å². The van der Waals surface area contributed by atoms with Crippen LogP contribution in [-0.4, -0.2) is 39.3 Å². The van der Waals surface area contributed by atoms with Gasteiger partial charge < -0.3 is 14.0 Å². The Bertz CT molecular complexity index is 494. The molecule has 0 radical (unpaired) electrons. The van der Waals surface area contributed by atoms with E-state index in [1.54, 1.807) is 18.6 Å². The fourth-order valence-electron chi connectivity index (χ4n) is 2.19. The maximum Gasteiger partial charge on any atom is 0.241 e. The molecular weight excluding hydrogens is 234 g/mol. The molecule has 0 spiro atoms. The van der Waals surface area contributed by atoms with Crippen LogP contribution in [0.2, 0.25) is 0 Å². The quantitative estimate of drug-likeness (QED) is 0.883. The highest BCUT2D eigenvalue weighted by Crippen LogP contribution is 2.17. The number of hydrogen-bond donors (Lipinski definition) is 1. The second-order valence-corrected chi connectivity index (χ2v) is 4.55. The van der Waals surface area contributed by atoms with Crippen molar-refractivity contribution in [2.24, 2.45) is 0 Å². The predicted octanol–water partition coefficient (Wildman–Crippen LogP) is 1.29. The summed E-state index contributed by atoms with van der Waals surface area (Å²) in [7, 11) is 0. The molecule has 3 heterocycles. The van der Waals surface area contributed by atoms with E-state index in [9.17, 15) is 5.11 Å². The van der Waals surface area contributed by atoms with E-state index in [1.165, 1.54) is 0 Å². The van der Waals surface area contributed by atoms with Gasteiger partial charge in [-0.1, -0.05) is 5.16 Å². The molecule has 0 aromatic carbocycles. The zero-order valence-corrected chi connectivity index (χ0v) is 9.95. The summed E-state index contributed by atoms with van der Waals surface area (Å²) in [6.45, 7) is 2.21. The molecule has 1 N–H and O–H groups in total. The van der Waals surface area contributed by atoms with Crippen molar-refractivity contribution < 1.29 is 14.0 Å². The Labute approximate surface area is 104 Å². The molecule has 1 atom stereocenters. The van der Waals surface area contributed by atoms with Crippen molar-refractivity contribution in [3.63, 3.8) is 0 Å². The van der Waals surface area contributed by atoms with Gasteiger partial charge in [-0.3, -0.25) is 4.90 Å². The first-order chi connectivity index (χ1) is 8.81. The fraction of sp³-hybridized carbons (Fsp3) is 0.500. The van der Waals surface area contributed by atoms with Crippen LogP contribution in [0.4, 0.5) is 0 Å². The molecule has 1 fully saturated rings. The SMILES string of the molecule is OC1CCCN(Cc2nc(-c3ccoc3)no2)C1. The Hall–Kier alpha value is -1.66. The summed E-state index contributed by atoms with van der Waals surface area (Å²) >= 11 is 0. The van der Waals surface area contributed by atoms with Gasteiger partial charge in [0.05, 0.1) is 24.5 Å². The predicted molar refractivity (Wildman–Crippen MR) is 62.5 cm³/mol. The number of rotatable bonds is 3. The van der Waals surface area contributed by atoms with Crippen molar-refractivity contribution in [2.75, 3.05) is 13.1 Å². The molecule has 0 aliphatic carbocycles. The maximum atomic E-state index is 9.59. The monoisotopic (exact) mass is 249 g/mol. The minimum Gasteiger partial charge on any atom is -0.472 e. The van der Waals surface area contributed by atoms with Crippen LogP contribution in [0, 0.1) is 0 Å². The van der Waals surface area contributed by atoms with Crippen LogP contribution in [-0.2, 0) is 6.54 Å². The molecule has 0 saturated carbocycles. The largest absolute Gasteiger partial charge is 0.472 e. The summed E-state index contributed by atoms with van der Waals surface area (Å²) in [6, 6.07) is 1.79. The number of piperidine rings is 1. The van der Waals surface area contributed by atoms with Crippen molar-refractivity contribution in [3.8, 4) is 11.4 Å². The molecule has 3 rings (SSSR count). The van der Waals surface area contributed by atoms with Crippen LogP contribution < -0.4 is 0 Å². The molecule has 1 aliphatic rings. The van der Waals surface area contributed by atoms with Crippen LogP contribution in [0.15, 0.2) is 27.5 Å². The third-order valence-corrected chi connectivity index (χ3v) is 3.09. The first-order valence-corrected chi connectivity index (χ1v) is 6.07. The zero-order valence-electron chi connectivity index (χ0n) is 9.95. The molecular formula is C12H15N3O3. The molecule has 6 heteroatoms. The van der Waals surface area contributed by atoms with E-state index in [4.69, 9.17) is 8.94 Å². The summed E-state index contributed by atoms with van der Waals surface area (Å²) in [5.41, 5.74) is 0.809. The number of aromatic nitrogens is 2. The van der Waals surface area contributed by atoms with Gasteiger partial charge in [0.2, 0.25) is 11.7 Å². The number of furan rings is 1. The number of nitrogens with zero attached hydrogens (tertiary/aromatic N) is 3. The molecule has 1 aliphatic heterocycles. The third kappa shape index (κ3) is 2.44. The van der Waals surface area contributed by atoms with Gasteiger partial charge in [-0.15, -0.1) is 0 Å². The van der Waals surface area contributed by atoms with Crippen LogP contribution in [0.1, 0.15) is 18.7 Å². The van der Waals surface area contributed by atoms with E-state index in [0.717, 1.165) is 24.9 Å². The van der Waals surface area contributed by atoms with Gasteiger partial charge in [0, 0.05) is 6.54 Å². The summed E-state index contributed by atoms with van der Waals surface area (Å²) < 4.78 is 10.2. The Balaban J connectivity index is 1.66. The summed E-state index contributed by atoms with van der Waals surface area (Å²) in [4.78, 5) is 6.44. The standard InChI is InChI=1S/C12H15N3O3/c16-10-2-1-4-15(6-10)7-11-13-12(14-18-11)9-3-5-17-8-9/h3,5,8,10,16H,1-2,4,6-7H2. The zero-order chi connectivity index (χ0) is 12.4. The lowest BCUT2D eigenvalue weighted by molar-refractivity contribution is 0.0613. The van der Waals surface area contributed by atoms with Crippen molar-refractivity contribution in [3.05, 3.63) is 24.5 Å². The Morgan fingerprint density at radius 1 is 1.50 bits per heavy atom. The molecule has 2 aromatic heterocycles. The Kier molecular flexibility index (Phi) is 3.12. The van der Waals surface area contributed by atoms with Crippen molar-refractivity contribution >= 4 is 0 Å². The van der Waals surface area contributed by atoms with E-state index in [0.29, 0.717) is 24.8 Å². The van der Waals surface area contributed by atoms with E-state index < -0.39 is 0 Å². The van der Waals surface area contributed by atoms with Gasteiger partial charge in [0.25, 0.3) is 0 Å². The summed E-state index contributed by atoms with van der Waals surface area (Å²) in [5, 5.41) is 13.5. The molecule has 1 unspecified atom stereocenters. The number of aliphatic hydroxyl groups excluding tert-OH is 1. The van der Waals surface area contributed by atoms with Crippen LogP contribution in [0.3, 0.4) is 0 Å². The lowest BCUT2D eigenvalue weighted by atomic mass is 10.1. The first-order valence-electron chi connectivity index (χ1n) is 6.07. The number of hydrogen-bond acceptors (Lipinski definition) is 6.